The van der Waals surface area contributed by atoms with Gasteiger partial charge in [0.2, 0.25) is 0 Å². The molecule has 0 bridgehead atoms. The highest BCUT2D eigenvalue weighted by atomic mass is 127. The number of hydrogen-bond acceptors (Lipinski definition) is 2. The van der Waals surface area contributed by atoms with E-state index in [1.54, 1.807) is 0 Å². The summed E-state index contributed by atoms with van der Waals surface area (Å²) in [7, 11) is 0. The SMILES string of the molecule is FC(F)(I)CC(Sc1ccccc1)Sc1ccccc1. The van der Waals surface area contributed by atoms with Crippen molar-refractivity contribution in [3.63, 3.8) is 0 Å². The molecule has 0 radical (unpaired) electrons. The first kappa shape index (κ1) is 16.1. The van der Waals surface area contributed by atoms with Gasteiger partial charge in [-0.05, 0) is 46.9 Å². The largest absolute Gasteiger partial charge is 0.298 e. The minimum Gasteiger partial charge on any atom is -0.195 e. The van der Waals surface area contributed by atoms with E-state index < -0.39 is 3.93 Å². The Bertz CT molecular complexity index is 473. The number of thioether (sulfide) groups is 2. The molecule has 2 aromatic rings. The second-order valence-corrected chi connectivity index (χ2v) is 8.54. The van der Waals surface area contributed by atoms with Gasteiger partial charge in [0, 0.05) is 16.2 Å². The van der Waals surface area contributed by atoms with Crippen LogP contribution < -0.4 is 0 Å². The van der Waals surface area contributed by atoms with Crippen LogP contribution in [-0.2, 0) is 0 Å². The molecule has 0 spiro atoms. The molecule has 0 unspecified atom stereocenters. The van der Waals surface area contributed by atoms with Crippen LogP contribution in [0.3, 0.4) is 0 Å². The molecule has 2 aromatic carbocycles. The van der Waals surface area contributed by atoms with Gasteiger partial charge in [-0.3, -0.25) is 0 Å². The summed E-state index contributed by atoms with van der Waals surface area (Å²) in [4.78, 5) is 2.03. The van der Waals surface area contributed by atoms with Crippen molar-refractivity contribution in [1.82, 2.24) is 0 Å². The number of hydrogen-bond donors (Lipinski definition) is 0. The Balaban J connectivity index is 2.08. The summed E-state index contributed by atoms with van der Waals surface area (Å²) in [6, 6.07) is 19.4. The highest BCUT2D eigenvalue weighted by Crippen LogP contribution is 2.43. The zero-order chi connectivity index (χ0) is 14.4. The predicted molar refractivity (Wildman–Crippen MR) is 92.0 cm³/mol. The third-order valence-corrected chi connectivity index (χ3v) is 5.39. The molecule has 0 saturated heterocycles. The molecule has 2 rings (SSSR count). The number of benzene rings is 2. The fourth-order valence-corrected chi connectivity index (χ4v) is 5.32. The molecule has 0 aliphatic rings. The minimum atomic E-state index is -2.69. The van der Waals surface area contributed by atoms with Crippen molar-refractivity contribution in [2.75, 3.05) is 0 Å². The van der Waals surface area contributed by atoms with Crippen LogP contribution >= 0.6 is 46.1 Å². The van der Waals surface area contributed by atoms with E-state index in [0.717, 1.165) is 9.79 Å². The summed E-state index contributed by atoms with van der Waals surface area (Å²) < 4.78 is 23.8. The molecule has 0 aliphatic carbocycles. The van der Waals surface area contributed by atoms with Crippen LogP contribution in [0.5, 0.6) is 0 Å². The summed E-state index contributed by atoms with van der Waals surface area (Å²) in [6.45, 7) is 0. The van der Waals surface area contributed by atoms with E-state index >= 15 is 0 Å². The maximum absolute atomic E-state index is 13.3. The Morgan fingerprint density at radius 2 is 1.25 bits per heavy atom. The fourth-order valence-electron chi connectivity index (χ4n) is 1.60. The lowest BCUT2D eigenvalue weighted by atomic mass is 10.4. The van der Waals surface area contributed by atoms with Crippen LogP contribution in [0, 0.1) is 0 Å². The van der Waals surface area contributed by atoms with Crippen molar-refractivity contribution < 1.29 is 8.78 Å². The van der Waals surface area contributed by atoms with Crippen molar-refractivity contribution in [1.29, 1.82) is 0 Å². The van der Waals surface area contributed by atoms with Crippen LogP contribution in [0.15, 0.2) is 70.5 Å². The summed E-state index contributed by atoms with van der Waals surface area (Å²) in [6.07, 6.45) is -0.160. The summed E-state index contributed by atoms with van der Waals surface area (Å²) in [5.74, 6) is 0. The molecule has 0 aliphatic heterocycles. The van der Waals surface area contributed by atoms with Crippen LogP contribution in [0.1, 0.15) is 6.42 Å². The van der Waals surface area contributed by atoms with E-state index in [4.69, 9.17) is 0 Å². The van der Waals surface area contributed by atoms with E-state index in [-0.39, 0.29) is 11.0 Å². The molecule has 0 atom stereocenters. The van der Waals surface area contributed by atoms with Crippen LogP contribution in [0.4, 0.5) is 8.78 Å². The monoisotopic (exact) mass is 422 g/mol. The molecule has 0 N–H and O–H groups in total. The van der Waals surface area contributed by atoms with Gasteiger partial charge in [-0.15, -0.1) is 23.5 Å². The normalized spacial score (nSPS) is 11.8. The average Bonchev–Trinajstić information content (AvgIpc) is 2.39. The zero-order valence-electron chi connectivity index (χ0n) is 10.5. The number of halogens is 3. The molecule has 106 valence electrons. The first-order chi connectivity index (χ1) is 9.53. The molecule has 5 heteroatoms. The van der Waals surface area contributed by atoms with E-state index in [2.05, 4.69) is 0 Å². The van der Waals surface area contributed by atoms with Gasteiger partial charge in [0.05, 0.1) is 4.58 Å². The van der Waals surface area contributed by atoms with Crippen LogP contribution in [-0.4, -0.2) is 8.51 Å². The van der Waals surface area contributed by atoms with E-state index in [0.29, 0.717) is 0 Å². The van der Waals surface area contributed by atoms with Gasteiger partial charge in [-0.1, -0.05) is 36.4 Å². The van der Waals surface area contributed by atoms with E-state index in [1.807, 2.05) is 60.7 Å². The molecule has 0 amide bonds. The average molecular weight is 422 g/mol. The molecule has 0 nitrogen and oxygen atoms in total. The Morgan fingerprint density at radius 1 is 0.850 bits per heavy atom. The third-order valence-electron chi connectivity index (χ3n) is 2.42. The lowest BCUT2D eigenvalue weighted by molar-refractivity contribution is 0.122. The topological polar surface area (TPSA) is 0 Å². The lowest BCUT2D eigenvalue weighted by Gasteiger charge is -2.19. The maximum atomic E-state index is 13.3. The molecular weight excluding hydrogens is 409 g/mol. The smallest absolute Gasteiger partial charge is 0.195 e. The van der Waals surface area contributed by atoms with Crippen molar-refractivity contribution in [3.05, 3.63) is 60.7 Å². The lowest BCUT2D eigenvalue weighted by Crippen LogP contribution is -2.12. The Kier molecular flexibility index (Phi) is 6.17. The van der Waals surface area contributed by atoms with Gasteiger partial charge in [0.1, 0.15) is 0 Å². The summed E-state index contributed by atoms with van der Waals surface area (Å²) in [5.41, 5.74) is 0. The fraction of sp³-hybridized carbons (Fsp3) is 0.200. The van der Waals surface area contributed by atoms with Gasteiger partial charge >= 0.3 is 0 Å². The van der Waals surface area contributed by atoms with Crippen molar-refractivity contribution in [2.24, 2.45) is 0 Å². The summed E-state index contributed by atoms with van der Waals surface area (Å²) >= 11 is 4.19. The highest BCUT2D eigenvalue weighted by Gasteiger charge is 2.30. The molecular formula is C15H13F2IS2. The first-order valence-corrected chi connectivity index (χ1v) is 8.87. The third kappa shape index (κ3) is 6.01. The molecule has 0 heterocycles. The molecule has 20 heavy (non-hydrogen) atoms. The second kappa shape index (κ2) is 7.66. The molecule has 0 aromatic heterocycles. The van der Waals surface area contributed by atoms with Gasteiger partial charge in [-0.2, -0.15) is 8.78 Å². The predicted octanol–water partition coefficient (Wildman–Crippen LogP) is 6.32. The Labute approximate surface area is 139 Å². The summed E-state index contributed by atoms with van der Waals surface area (Å²) in [5, 5.41) is 0. The quantitative estimate of drug-likeness (QED) is 0.231. The van der Waals surface area contributed by atoms with Gasteiger partial charge in [-0.25, -0.2) is 0 Å². The highest BCUT2D eigenvalue weighted by molar-refractivity contribution is 14.1. The van der Waals surface area contributed by atoms with Crippen molar-refractivity contribution in [2.45, 2.75) is 24.7 Å². The standard InChI is InChI=1S/C15H13F2IS2/c16-15(17,18)11-14(19-12-7-3-1-4-8-12)20-13-9-5-2-6-10-13/h1-10,14H,11H2. The second-order valence-electron chi connectivity index (χ2n) is 4.11. The van der Waals surface area contributed by atoms with E-state index in [1.165, 1.54) is 46.1 Å². The van der Waals surface area contributed by atoms with Gasteiger partial charge in [0.15, 0.2) is 0 Å². The van der Waals surface area contributed by atoms with Crippen molar-refractivity contribution >= 4 is 46.1 Å². The molecule has 0 fully saturated rings. The first-order valence-electron chi connectivity index (χ1n) is 6.03. The van der Waals surface area contributed by atoms with Gasteiger partial charge < -0.3 is 0 Å². The van der Waals surface area contributed by atoms with Crippen molar-refractivity contribution in [3.8, 4) is 0 Å². The Morgan fingerprint density at radius 3 is 1.60 bits per heavy atom. The van der Waals surface area contributed by atoms with Gasteiger partial charge in [0.25, 0.3) is 3.93 Å². The molecule has 0 saturated carbocycles. The van der Waals surface area contributed by atoms with Crippen LogP contribution in [0.2, 0.25) is 0 Å². The zero-order valence-corrected chi connectivity index (χ0v) is 14.3. The Hall–Kier alpha value is -0.270. The number of alkyl halides is 3. The van der Waals surface area contributed by atoms with Crippen LogP contribution in [0.25, 0.3) is 0 Å². The minimum absolute atomic E-state index is 0.160. The maximum Gasteiger partial charge on any atom is 0.298 e. The number of rotatable bonds is 6. The van der Waals surface area contributed by atoms with E-state index in [9.17, 15) is 8.78 Å².